The Bertz CT molecular complexity index is 2010. The van der Waals surface area contributed by atoms with Crippen LogP contribution < -0.4 is 9.46 Å². The molecule has 0 amide bonds. The summed E-state index contributed by atoms with van der Waals surface area (Å²) in [4.78, 5) is 16.4. The van der Waals surface area contributed by atoms with E-state index in [1.165, 1.54) is 7.11 Å². The molecule has 1 unspecified atom stereocenters. The summed E-state index contributed by atoms with van der Waals surface area (Å²) >= 11 is 6.65. The van der Waals surface area contributed by atoms with E-state index in [4.69, 9.17) is 21.1 Å². The first kappa shape index (κ1) is 37.6. The fraction of sp³-hybridized carbons (Fsp3) is 0.341. The van der Waals surface area contributed by atoms with Crippen LogP contribution in [0.5, 0.6) is 5.75 Å². The Hall–Kier alpha value is -4.19. The zero-order chi connectivity index (χ0) is 36.7. The number of rotatable bonds is 16. The number of hydrogen-bond donors (Lipinski definition) is 1. The molecule has 52 heavy (non-hydrogen) atoms. The molecule has 2 heterocycles. The van der Waals surface area contributed by atoms with Gasteiger partial charge in [0.15, 0.2) is 0 Å². The van der Waals surface area contributed by atoms with E-state index in [0.717, 1.165) is 52.8 Å². The maximum atomic E-state index is 13.3. The monoisotopic (exact) mass is 742 g/mol. The number of aromatic nitrogens is 1. The standard InChI is InChI=1S/C41H47ClN4O5S/c1-44(2)34-21-24-45(29-34)25-27-52(48,49)43-23-20-39-36(22-26-51-35-17-14-32(15-18-35)41(47)50-3)37-28-33(42)16-19-38(37)46(39)40(30-10-6-4-7-11-30)31-12-8-5-9-13-31/h4-19,28,34,40,43H,20-27,29H2,1-3H3. The summed E-state index contributed by atoms with van der Waals surface area (Å²) in [7, 11) is 1.98. The molecule has 1 aliphatic rings. The topological polar surface area (TPSA) is 93.1 Å². The van der Waals surface area contributed by atoms with Crippen molar-refractivity contribution in [2.45, 2.75) is 31.3 Å². The van der Waals surface area contributed by atoms with Gasteiger partial charge in [-0.2, -0.15) is 0 Å². The predicted octanol–water partition coefficient (Wildman–Crippen LogP) is 6.44. The van der Waals surface area contributed by atoms with Crippen molar-refractivity contribution in [1.82, 2.24) is 19.1 Å². The Morgan fingerprint density at radius 2 is 1.62 bits per heavy atom. The van der Waals surface area contributed by atoms with Gasteiger partial charge in [-0.15, -0.1) is 0 Å². The molecule has 9 nitrogen and oxygen atoms in total. The SMILES string of the molecule is COC(=O)c1ccc(OCCc2c(CCNS(=O)(=O)CCN3CCC(N(C)C)C3)n(C(c3ccccc3)c3ccccc3)c3ccc(Cl)cc23)cc1. The predicted molar refractivity (Wildman–Crippen MR) is 208 cm³/mol. The number of likely N-dealkylation sites (N-methyl/N-ethyl adjacent to an activating group) is 1. The maximum absolute atomic E-state index is 13.3. The van der Waals surface area contributed by atoms with Crippen molar-refractivity contribution in [3.8, 4) is 5.75 Å². The van der Waals surface area contributed by atoms with Gasteiger partial charge in [-0.3, -0.25) is 0 Å². The van der Waals surface area contributed by atoms with E-state index in [1.54, 1.807) is 24.3 Å². The normalized spacial score (nSPS) is 15.2. The average molecular weight is 743 g/mol. The molecular formula is C41H47ClN4O5S. The number of esters is 1. The van der Waals surface area contributed by atoms with Crippen molar-refractivity contribution < 1.29 is 22.7 Å². The van der Waals surface area contributed by atoms with Crippen LogP contribution in [0.2, 0.25) is 5.02 Å². The maximum Gasteiger partial charge on any atom is 0.337 e. The summed E-state index contributed by atoms with van der Waals surface area (Å²) in [5.74, 6) is 0.277. The molecule has 11 heteroatoms. The Morgan fingerprint density at radius 1 is 0.942 bits per heavy atom. The van der Waals surface area contributed by atoms with Gasteiger partial charge in [0.2, 0.25) is 10.0 Å². The Balaban J connectivity index is 1.32. The molecule has 0 saturated carbocycles. The molecule has 274 valence electrons. The molecule has 6 rings (SSSR count). The van der Waals surface area contributed by atoms with E-state index in [2.05, 4.69) is 63.5 Å². The molecule has 1 N–H and O–H groups in total. The number of benzene rings is 4. The molecule has 1 atom stereocenters. The van der Waals surface area contributed by atoms with Crippen LogP contribution in [0.15, 0.2) is 103 Å². The molecule has 1 aliphatic heterocycles. The van der Waals surface area contributed by atoms with Crippen molar-refractivity contribution in [1.29, 1.82) is 0 Å². The van der Waals surface area contributed by atoms with Crippen molar-refractivity contribution in [3.05, 3.63) is 136 Å². The number of ether oxygens (including phenoxy) is 2. The van der Waals surface area contributed by atoms with Gasteiger partial charge in [-0.1, -0.05) is 72.3 Å². The van der Waals surface area contributed by atoms with Gasteiger partial charge < -0.3 is 23.8 Å². The molecule has 0 spiro atoms. The lowest BCUT2D eigenvalue weighted by Gasteiger charge is -2.25. The van der Waals surface area contributed by atoms with Crippen LogP contribution in [0.3, 0.4) is 0 Å². The van der Waals surface area contributed by atoms with Gasteiger partial charge in [-0.25, -0.2) is 17.9 Å². The molecule has 0 aliphatic carbocycles. The molecule has 1 fully saturated rings. The van der Waals surface area contributed by atoms with Crippen LogP contribution in [-0.2, 0) is 27.6 Å². The number of sulfonamides is 1. The van der Waals surface area contributed by atoms with E-state index >= 15 is 0 Å². The first-order valence-corrected chi connectivity index (χ1v) is 19.7. The summed E-state index contributed by atoms with van der Waals surface area (Å²) in [6.07, 6.45) is 2.05. The van der Waals surface area contributed by atoms with E-state index in [1.807, 2.05) is 48.5 Å². The number of hydrogen-bond acceptors (Lipinski definition) is 7. The first-order valence-electron chi connectivity index (χ1n) is 17.7. The fourth-order valence-electron chi connectivity index (χ4n) is 7.17. The highest BCUT2D eigenvalue weighted by molar-refractivity contribution is 7.89. The molecular weight excluding hydrogens is 696 g/mol. The number of carbonyl (C=O) groups excluding carboxylic acids is 1. The summed E-state index contributed by atoms with van der Waals surface area (Å²) < 4.78 is 43.0. The molecule has 1 saturated heterocycles. The van der Waals surface area contributed by atoms with Gasteiger partial charge in [0.1, 0.15) is 5.75 Å². The van der Waals surface area contributed by atoms with Crippen LogP contribution in [0, 0.1) is 0 Å². The fourth-order valence-corrected chi connectivity index (χ4v) is 8.40. The van der Waals surface area contributed by atoms with Crippen LogP contribution in [-0.4, -0.2) is 94.5 Å². The third kappa shape index (κ3) is 9.05. The summed E-state index contributed by atoms with van der Waals surface area (Å²) in [5.41, 5.74) is 5.72. The number of carbonyl (C=O) groups is 1. The second-order valence-corrected chi connectivity index (χ2v) is 15.8. The quantitative estimate of drug-likeness (QED) is 0.116. The highest BCUT2D eigenvalue weighted by atomic mass is 35.5. The highest BCUT2D eigenvalue weighted by Gasteiger charge is 2.27. The van der Waals surface area contributed by atoms with Crippen LogP contribution in [0.4, 0.5) is 0 Å². The molecule has 4 aromatic carbocycles. The summed E-state index contributed by atoms with van der Waals surface area (Å²) in [5, 5.41) is 1.61. The minimum absolute atomic E-state index is 0.0534. The Labute approximate surface area is 312 Å². The lowest BCUT2D eigenvalue weighted by molar-refractivity contribution is 0.0600. The minimum Gasteiger partial charge on any atom is -0.493 e. The highest BCUT2D eigenvalue weighted by Crippen LogP contribution is 2.38. The lowest BCUT2D eigenvalue weighted by atomic mass is 9.97. The van der Waals surface area contributed by atoms with Crippen LogP contribution in [0.25, 0.3) is 10.9 Å². The number of nitrogens with zero attached hydrogens (tertiary/aromatic N) is 3. The van der Waals surface area contributed by atoms with E-state index in [-0.39, 0.29) is 18.3 Å². The zero-order valence-corrected chi connectivity index (χ0v) is 31.6. The lowest BCUT2D eigenvalue weighted by Crippen LogP contribution is -2.36. The van der Waals surface area contributed by atoms with Gasteiger partial charge in [0.25, 0.3) is 0 Å². The number of nitrogens with one attached hydrogen (secondary N) is 1. The van der Waals surface area contributed by atoms with E-state index in [9.17, 15) is 13.2 Å². The Morgan fingerprint density at radius 3 is 2.23 bits per heavy atom. The van der Waals surface area contributed by atoms with E-state index < -0.39 is 16.0 Å². The van der Waals surface area contributed by atoms with Gasteiger partial charge in [0, 0.05) is 60.1 Å². The molecule has 1 aromatic heterocycles. The molecule has 0 radical (unpaired) electrons. The van der Waals surface area contributed by atoms with E-state index in [0.29, 0.717) is 48.4 Å². The van der Waals surface area contributed by atoms with Crippen molar-refractivity contribution in [3.63, 3.8) is 0 Å². The van der Waals surface area contributed by atoms with Crippen LogP contribution >= 0.6 is 11.6 Å². The number of halogens is 1. The Kier molecular flexibility index (Phi) is 12.3. The second-order valence-electron chi connectivity index (χ2n) is 13.5. The largest absolute Gasteiger partial charge is 0.493 e. The number of methoxy groups -OCH3 is 1. The third-order valence-electron chi connectivity index (χ3n) is 9.91. The molecule has 0 bridgehead atoms. The minimum atomic E-state index is -3.52. The van der Waals surface area contributed by atoms with Gasteiger partial charge >= 0.3 is 5.97 Å². The van der Waals surface area contributed by atoms with Gasteiger partial charge in [0.05, 0.1) is 31.1 Å². The average Bonchev–Trinajstić information content (AvgIpc) is 3.75. The zero-order valence-electron chi connectivity index (χ0n) is 30.0. The first-order chi connectivity index (χ1) is 25.1. The van der Waals surface area contributed by atoms with Crippen molar-refractivity contribution >= 4 is 38.5 Å². The third-order valence-corrected chi connectivity index (χ3v) is 11.5. The van der Waals surface area contributed by atoms with Gasteiger partial charge in [-0.05, 0) is 86.2 Å². The smallest absolute Gasteiger partial charge is 0.337 e. The second kappa shape index (κ2) is 17.1. The summed E-state index contributed by atoms with van der Waals surface area (Å²) in [6, 6.07) is 33.8. The molecule has 5 aromatic rings. The summed E-state index contributed by atoms with van der Waals surface area (Å²) in [6.45, 7) is 2.89. The van der Waals surface area contributed by atoms with Crippen molar-refractivity contribution in [2.75, 3.05) is 59.7 Å². The number of likely N-dealkylation sites (tertiary alicyclic amines) is 1. The van der Waals surface area contributed by atoms with Crippen LogP contribution in [0.1, 0.15) is 45.2 Å². The number of fused-ring (bicyclic) bond motifs is 1. The van der Waals surface area contributed by atoms with Crippen molar-refractivity contribution in [2.24, 2.45) is 0 Å².